The SMILES string of the molecule is CN=C(NCC(C)(C)NS(C)(=O)=O)NC1CCN(CCOC)CC1.I. The molecule has 1 fully saturated rings. The van der Waals surface area contributed by atoms with Crippen molar-refractivity contribution in [3.05, 3.63) is 0 Å². The van der Waals surface area contributed by atoms with Gasteiger partial charge in [-0.2, -0.15) is 0 Å². The lowest BCUT2D eigenvalue weighted by Gasteiger charge is -2.33. The number of hydrogen-bond acceptors (Lipinski definition) is 5. The van der Waals surface area contributed by atoms with Crippen LogP contribution in [0.15, 0.2) is 4.99 Å². The summed E-state index contributed by atoms with van der Waals surface area (Å²) in [6.07, 6.45) is 3.27. The van der Waals surface area contributed by atoms with Crippen LogP contribution in [0.1, 0.15) is 26.7 Å². The summed E-state index contributed by atoms with van der Waals surface area (Å²) in [6.45, 7) is 7.95. The molecule has 0 atom stereocenters. The lowest BCUT2D eigenvalue weighted by molar-refractivity contribution is 0.128. The van der Waals surface area contributed by atoms with Crippen LogP contribution in [-0.4, -0.2) is 84.1 Å². The first kappa shape index (κ1) is 24.8. The van der Waals surface area contributed by atoms with Gasteiger partial charge >= 0.3 is 0 Å². The van der Waals surface area contributed by atoms with Gasteiger partial charge in [-0.25, -0.2) is 13.1 Å². The number of aliphatic imine (C=N–C) groups is 1. The molecule has 0 aromatic carbocycles. The molecular weight excluding hydrogens is 457 g/mol. The van der Waals surface area contributed by atoms with Crippen molar-refractivity contribution >= 4 is 40.0 Å². The summed E-state index contributed by atoms with van der Waals surface area (Å²) in [5, 5.41) is 6.62. The monoisotopic (exact) mass is 491 g/mol. The van der Waals surface area contributed by atoms with Gasteiger partial charge in [0.15, 0.2) is 5.96 Å². The number of ether oxygens (including phenoxy) is 1. The highest BCUT2D eigenvalue weighted by atomic mass is 127. The molecule has 0 aromatic rings. The third-order valence-corrected chi connectivity index (χ3v) is 4.85. The molecule has 0 amide bonds. The van der Waals surface area contributed by atoms with Gasteiger partial charge in [0.2, 0.25) is 10.0 Å². The van der Waals surface area contributed by atoms with Gasteiger partial charge < -0.3 is 20.3 Å². The van der Waals surface area contributed by atoms with Crippen LogP contribution in [0.5, 0.6) is 0 Å². The number of nitrogens with zero attached hydrogens (tertiary/aromatic N) is 2. The minimum atomic E-state index is -3.24. The number of hydrogen-bond donors (Lipinski definition) is 3. The van der Waals surface area contributed by atoms with Gasteiger partial charge in [0, 0.05) is 51.9 Å². The average Bonchev–Trinajstić information content (AvgIpc) is 2.48. The highest BCUT2D eigenvalue weighted by Gasteiger charge is 2.24. The van der Waals surface area contributed by atoms with E-state index in [1.165, 1.54) is 6.26 Å². The van der Waals surface area contributed by atoms with Crippen LogP contribution in [0.25, 0.3) is 0 Å². The Hall–Kier alpha value is -0.170. The van der Waals surface area contributed by atoms with E-state index in [-0.39, 0.29) is 24.0 Å². The summed E-state index contributed by atoms with van der Waals surface area (Å²) in [5.74, 6) is 0.703. The van der Waals surface area contributed by atoms with E-state index in [9.17, 15) is 8.42 Å². The van der Waals surface area contributed by atoms with Gasteiger partial charge in [0.25, 0.3) is 0 Å². The fourth-order valence-electron chi connectivity index (χ4n) is 2.75. The Bertz CT molecular complexity index is 505. The summed E-state index contributed by atoms with van der Waals surface area (Å²) in [6, 6.07) is 0.376. The molecule has 0 aromatic heterocycles. The normalized spacial score (nSPS) is 17.9. The number of piperidine rings is 1. The van der Waals surface area contributed by atoms with Crippen LogP contribution in [0, 0.1) is 0 Å². The lowest BCUT2D eigenvalue weighted by atomic mass is 10.1. The third kappa shape index (κ3) is 11.2. The van der Waals surface area contributed by atoms with Crippen molar-refractivity contribution in [2.45, 2.75) is 38.3 Å². The summed E-state index contributed by atoms with van der Waals surface area (Å²) in [7, 11) is 0.205. The van der Waals surface area contributed by atoms with Gasteiger partial charge in [-0.15, -0.1) is 24.0 Å². The second-order valence-corrected chi connectivity index (χ2v) is 8.69. The highest BCUT2D eigenvalue weighted by molar-refractivity contribution is 14.0. The van der Waals surface area contributed by atoms with Gasteiger partial charge in [-0.3, -0.25) is 4.99 Å². The van der Waals surface area contributed by atoms with Crippen molar-refractivity contribution in [2.75, 3.05) is 53.2 Å². The van der Waals surface area contributed by atoms with E-state index >= 15 is 0 Å². The van der Waals surface area contributed by atoms with E-state index in [1.807, 2.05) is 13.8 Å². The molecular formula is C15H34IN5O3S. The number of halogens is 1. The molecule has 8 nitrogen and oxygen atoms in total. The van der Waals surface area contributed by atoms with Crippen LogP contribution in [0.3, 0.4) is 0 Å². The zero-order valence-electron chi connectivity index (χ0n) is 16.0. The van der Waals surface area contributed by atoms with Gasteiger partial charge in [0.1, 0.15) is 0 Å². The van der Waals surface area contributed by atoms with E-state index in [0.29, 0.717) is 18.5 Å². The molecule has 1 saturated heterocycles. The second-order valence-electron chi connectivity index (χ2n) is 6.94. The first-order chi connectivity index (χ1) is 11.1. The van der Waals surface area contributed by atoms with Crippen molar-refractivity contribution in [3.8, 4) is 0 Å². The van der Waals surface area contributed by atoms with Crippen LogP contribution in [-0.2, 0) is 14.8 Å². The fourth-order valence-corrected chi connectivity index (χ4v) is 3.83. The molecule has 0 radical (unpaired) electrons. The van der Waals surface area contributed by atoms with Gasteiger partial charge in [-0.05, 0) is 26.7 Å². The Morgan fingerprint density at radius 3 is 2.40 bits per heavy atom. The van der Waals surface area contributed by atoms with E-state index in [4.69, 9.17) is 4.74 Å². The molecule has 150 valence electrons. The Labute approximate surface area is 169 Å². The quantitative estimate of drug-likeness (QED) is 0.255. The second kappa shape index (κ2) is 11.5. The standard InChI is InChI=1S/C15H33N5O3S.HI/c1-15(2,19-24(5,21)22)12-17-14(16-3)18-13-6-8-20(9-7-13)10-11-23-4;/h13,19H,6-12H2,1-5H3,(H2,16,17,18);1H. The fraction of sp³-hybridized carbons (Fsp3) is 0.933. The zero-order valence-corrected chi connectivity index (χ0v) is 19.1. The molecule has 0 spiro atoms. The predicted molar refractivity (Wildman–Crippen MR) is 113 cm³/mol. The maximum absolute atomic E-state index is 11.4. The number of sulfonamides is 1. The van der Waals surface area contributed by atoms with E-state index in [1.54, 1.807) is 14.2 Å². The molecule has 0 saturated carbocycles. The number of likely N-dealkylation sites (tertiary alicyclic amines) is 1. The van der Waals surface area contributed by atoms with Crippen molar-refractivity contribution in [2.24, 2.45) is 4.99 Å². The summed E-state index contributed by atoms with van der Waals surface area (Å²) < 4.78 is 30.5. The molecule has 0 aliphatic carbocycles. The van der Waals surface area contributed by atoms with Crippen molar-refractivity contribution in [1.82, 2.24) is 20.3 Å². The number of guanidine groups is 1. The third-order valence-electron chi connectivity index (χ3n) is 3.92. The Kier molecular flexibility index (Phi) is 11.4. The summed E-state index contributed by atoms with van der Waals surface area (Å²) in [4.78, 5) is 6.63. The summed E-state index contributed by atoms with van der Waals surface area (Å²) in [5.41, 5.74) is -0.589. The molecule has 0 unspecified atom stereocenters. The predicted octanol–water partition coefficient (Wildman–Crippen LogP) is 0.208. The van der Waals surface area contributed by atoms with Crippen molar-refractivity contribution in [1.29, 1.82) is 0 Å². The van der Waals surface area contributed by atoms with E-state index in [0.717, 1.165) is 39.1 Å². The van der Waals surface area contributed by atoms with Crippen molar-refractivity contribution < 1.29 is 13.2 Å². The minimum absolute atomic E-state index is 0. The largest absolute Gasteiger partial charge is 0.383 e. The van der Waals surface area contributed by atoms with Crippen LogP contribution >= 0.6 is 24.0 Å². The molecule has 1 aliphatic heterocycles. The molecule has 1 heterocycles. The molecule has 1 aliphatic rings. The Morgan fingerprint density at radius 1 is 1.32 bits per heavy atom. The zero-order chi connectivity index (χ0) is 18.2. The molecule has 0 bridgehead atoms. The topological polar surface area (TPSA) is 95.1 Å². The average molecular weight is 491 g/mol. The number of rotatable bonds is 8. The number of methoxy groups -OCH3 is 1. The lowest BCUT2D eigenvalue weighted by Crippen LogP contribution is -2.55. The first-order valence-corrected chi connectivity index (χ1v) is 10.2. The highest BCUT2D eigenvalue weighted by Crippen LogP contribution is 2.10. The smallest absolute Gasteiger partial charge is 0.209 e. The van der Waals surface area contributed by atoms with E-state index in [2.05, 4.69) is 25.2 Å². The minimum Gasteiger partial charge on any atom is -0.383 e. The molecule has 3 N–H and O–H groups in total. The molecule has 10 heteroatoms. The summed E-state index contributed by atoms with van der Waals surface area (Å²) >= 11 is 0. The number of nitrogens with one attached hydrogen (secondary N) is 3. The Morgan fingerprint density at radius 2 is 1.92 bits per heavy atom. The van der Waals surface area contributed by atoms with Crippen molar-refractivity contribution in [3.63, 3.8) is 0 Å². The van der Waals surface area contributed by atoms with Crippen LogP contribution in [0.2, 0.25) is 0 Å². The van der Waals surface area contributed by atoms with E-state index < -0.39 is 15.6 Å². The maximum Gasteiger partial charge on any atom is 0.209 e. The van der Waals surface area contributed by atoms with Crippen LogP contribution in [0.4, 0.5) is 0 Å². The molecule has 1 rings (SSSR count). The Balaban J connectivity index is 0.00000576. The maximum atomic E-state index is 11.4. The van der Waals surface area contributed by atoms with Gasteiger partial charge in [0.05, 0.1) is 12.9 Å². The van der Waals surface area contributed by atoms with Crippen LogP contribution < -0.4 is 15.4 Å². The first-order valence-electron chi connectivity index (χ1n) is 8.32. The molecule has 25 heavy (non-hydrogen) atoms. The van der Waals surface area contributed by atoms with Gasteiger partial charge in [-0.1, -0.05) is 0 Å².